The van der Waals surface area contributed by atoms with E-state index in [4.69, 9.17) is 10.8 Å². The lowest BCUT2D eigenvalue weighted by Gasteiger charge is -2.13. The quantitative estimate of drug-likeness (QED) is 0.621. The molecule has 1 atom stereocenters. The molecule has 0 aliphatic carbocycles. The molecular weight excluding hydrogens is 252 g/mol. The molecule has 8 heteroatoms. The number of rotatable bonds is 6. The van der Waals surface area contributed by atoms with Gasteiger partial charge in [0.2, 0.25) is 5.91 Å². The van der Waals surface area contributed by atoms with Gasteiger partial charge in [-0.15, -0.1) is 0 Å². The van der Waals surface area contributed by atoms with Crippen molar-refractivity contribution in [3.8, 4) is 0 Å². The molecule has 104 valence electrons. The van der Waals surface area contributed by atoms with E-state index in [0.29, 0.717) is 5.69 Å². The lowest BCUT2D eigenvalue weighted by Crippen LogP contribution is -2.42. The zero-order valence-electron chi connectivity index (χ0n) is 10.7. The lowest BCUT2D eigenvalue weighted by molar-refractivity contribution is -0.139. The molecule has 0 fully saturated rings. The number of aromatic nitrogens is 2. The summed E-state index contributed by atoms with van der Waals surface area (Å²) in [5.74, 6) is -2.38. The van der Waals surface area contributed by atoms with Crippen LogP contribution in [-0.2, 0) is 16.6 Å². The van der Waals surface area contributed by atoms with Crippen LogP contribution in [0.15, 0.2) is 6.07 Å². The Hall–Kier alpha value is -2.38. The molecule has 4 N–H and O–H groups in total. The van der Waals surface area contributed by atoms with Crippen molar-refractivity contribution in [2.24, 2.45) is 12.8 Å². The third kappa shape index (κ3) is 4.09. The molecule has 0 aliphatic heterocycles. The van der Waals surface area contributed by atoms with Gasteiger partial charge in [-0.3, -0.25) is 14.3 Å². The smallest absolute Gasteiger partial charge is 0.326 e. The summed E-state index contributed by atoms with van der Waals surface area (Å²) in [6.45, 7) is 1.72. The molecule has 1 rings (SSSR count). The van der Waals surface area contributed by atoms with E-state index in [9.17, 15) is 14.4 Å². The Bertz CT molecular complexity index is 509. The van der Waals surface area contributed by atoms with Crippen molar-refractivity contribution in [1.29, 1.82) is 0 Å². The number of carbonyl (C=O) groups is 3. The van der Waals surface area contributed by atoms with Crippen LogP contribution in [-0.4, -0.2) is 38.7 Å². The number of aliphatic carboxylic acids is 1. The molecule has 8 nitrogen and oxygen atoms in total. The molecule has 0 bridgehead atoms. The van der Waals surface area contributed by atoms with Crippen molar-refractivity contribution in [2.75, 3.05) is 0 Å². The van der Waals surface area contributed by atoms with Gasteiger partial charge in [0.15, 0.2) is 0 Å². The molecule has 0 saturated heterocycles. The zero-order valence-corrected chi connectivity index (χ0v) is 10.7. The predicted molar refractivity (Wildman–Crippen MR) is 65.3 cm³/mol. The summed E-state index contributed by atoms with van der Waals surface area (Å²) in [6, 6.07) is 0.387. The monoisotopic (exact) mass is 268 g/mol. The molecule has 0 aliphatic rings. The van der Waals surface area contributed by atoms with Gasteiger partial charge in [0, 0.05) is 13.5 Å². The van der Waals surface area contributed by atoms with Gasteiger partial charge in [0.1, 0.15) is 11.7 Å². The fourth-order valence-electron chi connectivity index (χ4n) is 1.60. The SMILES string of the molecule is Cc1cc(C(=O)NC(CCC(N)=O)C(=O)O)n(C)n1. The molecule has 0 saturated carbocycles. The topological polar surface area (TPSA) is 127 Å². The highest BCUT2D eigenvalue weighted by molar-refractivity contribution is 5.95. The van der Waals surface area contributed by atoms with Crippen molar-refractivity contribution in [3.63, 3.8) is 0 Å². The van der Waals surface area contributed by atoms with Crippen LogP contribution in [0.3, 0.4) is 0 Å². The zero-order chi connectivity index (χ0) is 14.6. The lowest BCUT2D eigenvalue weighted by atomic mass is 10.1. The van der Waals surface area contributed by atoms with E-state index in [0.717, 1.165) is 0 Å². The Kier molecular flexibility index (Phi) is 4.62. The summed E-state index contributed by atoms with van der Waals surface area (Å²) in [7, 11) is 1.58. The number of primary amides is 1. The average Bonchev–Trinajstić information content (AvgIpc) is 2.62. The number of hydrogen-bond acceptors (Lipinski definition) is 4. The number of carbonyl (C=O) groups excluding carboxylic acids is 2. The molecule has 1 aromatic rings. The first-order valence-corrected chi connectivity index (χ1v) is 5.64. The maximum absolute atomic E-state index is 11.9. The number of amides is 2. The molecule has 1 unspecified atom stereocenters. The molecule has 19 heavy (non-hydrogen) atoms. The van der Waals surface area contributed by atoms with Gasteiger partial charge >= 0.3 is 5.97 Å². The minimum absolute atomic E-state index is 0.0484. The molecule has 0 radical (unpaired) electrons. The second-order valence-corrected chi connectivity index (χ2v) is 4.16. The van der Waals surface area contributed by atoms with Gasteiger partial charge in [-0.2, -0.15) is 5.10 Å². The van der Waals surface area contributed by atoms with Crippen LogP contribution in [0.4, 0.5) is 0 Å². The number of nitrogens with two attached hydrogens (primary N) is 1. The fraction of sp³-hybridized carbons (Fsp3) is 0.455. The van der Waals surface area contributed by atoms with Gasteiger partial charge in [0.05, 0.1) is 5.69 Å². The number of carboxylic acids is 1. The second kappa shape index (κ2) is 5.98. The van der Waals surface area contributed by atoms with E-state index < -0.39 is 23.8 Å². The maximum atomic E-state index is 11.9. The summed E-state index contributed by atoms with van der Waals surface area (Å²) in [6.07, 6.45) is -0.158. The van der Waals surface area contributed by atoms with E-state index in [-0.39, 0.29) is 18.5 Å². The largest absolute Gasteiger partial charge is 0.480 e. The number of nitrogens with one attached hydrogen (secondary N) is 1. The van der Waals surface area contributed by atoms with Crippen molar-refractivity contribution in [2.45, 2.75) is 25.8 Å². The van der Waals surface area contributed by atoms with Crippen LogP contribution < -0.4 is 11.1 Å². The molecule has 2 amide bonds. The van der Waals surface area contributed by atoms with Crippen LogP contribution in [0.2, 0.25) is 0 Å². The highest BCUT2D eigenvalue weighted by Crippen LogP contribution is 2.04. The Labute approximate surface area is 109 Å². The van der Waals surface area contributed by atoms with Gasteiger partial charge in [-0.25, -0.2) is 4.79 Å². The predicted octanol–water partition coefficient (Wildman–Crippen LogP) is -0.823. The number of hydrogen-bond donors (Lipinski definition) is 3. The first kappa shape index (κ1) is 14.7. The first-order chi connectivity index (χ1) is 8.81. The van der Waals surface area contributed by atoms with Crippen LogP contribution >= 0.6 is 0 Å². The Morgan fingerprint density at radius 1 is 1.53 bits per heavy atom. The molecule has 1 heterocycles. The van der Waals surface area contributed by atoms with Crippen molar-refractivity contribution < 1.29 is 19.5 Å². The Balaban J connectivity index is 2.74. The van der Waals surface area contributed by atoms with Crippen LogP contribution in [0.5, 0.6) is 0 Å². The summed E-state index contributed by atoms with van der Waals surface area (Å²) < 4.78 is 1.36. The molecule has 0 spiro atoms. The first-order valence-electron chi connectivity index (χ1n) is 5.64. The fourth-order valence-corrected chi connectivity index (χ4v) is 1.60. The minimum atomic E-state index is -1.21. The van der Waals surface area contributed by atoms with Gasteiger partial charge in [0.25, 0.3) is 5.91 Å². The Morgan fingerprint density at radius 2 is 2.16 bits per heavy atom. The highest BCUT2D eigenvalue weighted by Gasteiger charge is 2.22. The van der Waals surface area contributed by atoms with Crippen molar-refractivity contribution in [3.05, 3.63) is 17.5 Å². The standard InChI is InChI=1S/C11H16N4O4/c1-6-5-8(15(2)14-6)10(17)13-7(11(18)19)3-4-9(12)16/h5,7H,3-4H2,1-2H3,(H2,12,16)(H,13,17)(H,18,19). The van der Waals surface area contributed by atoms with E-state index in [1.54, 1.807) is 20.0 Å². The van der Waals surface area contributed by atoms with Crippen molar-refractivity contribution >= 4 is 17.8 Å². The van der Waals surface area contributed by atoms with Crippen LogP contribution in [0.25, 0.3) is 0 Å². The van der Waals surface area contributed by atoms with E-state index >= 15 is 0 Å². The minimum Gasteiger partial charge on any atom is -0.480 e. The van der Waals surface area contributed by atoms with Gasteiger partial charge in [-0.1, -0.05) is 0 Å². The molecule has 0 aromatic carbocycles. The summed E-state index contributed by atoms with van der Waals surface area (Å²) >= 11 is 0. The van der Waals surface area contributed by atoms with E-state index in [1.807, 2.05) is 0 Å². The van der Waals surface area contributed by atoms with Gasteiger partial charge < -0.3 is 16.2 Å². The summed E-state index contributed by atoms with van der Waals surface area (Å²) in [4.78, 5) is 33.5. The van der Waals surface area contributed by atoms with E-state index in [2.05, 4.69) is 10.4 Å². The average molecular weight is 268 g/mol. The van der Waals surface area contributed by atoms with Gasteiger partial charge in [-0.05, 0) is 19.4 Å². The summed E-state index contributed by atoms with van der Waals surface area (Å²) in [5, 5.41) is 15.3. The molecular formula is C11H16N4O4. The summed E-state index contributed by atoms with van der Waals surface area (Å²) in [5.41, 5.74) is 5.85. The van der Waals surface area contributed by atoms with Crippen LogP contribution in [0, 0.1) is 6.92 Å². The van der Waals surface area contributed by atoms with Crippen LogP contribution in [0.1, 0.15) is 29.0 Å². The second-order valence-electron chi connectivity index (χ2n) is 4.16. The third-order valence-electron chi connectivity index (χ3n) is 2.52. The maximum Gasteiger partial charge on any atom is 0.326 e. The van der Waals surface area contributed by atoms with Crippen molar-refractivity contribution in [1.82, 2.24) is 15.1 Å². The molecule has 1 aromatic heterocycles. The number of aryl methyl sites for hydroxylation is 2. The highest BCUT2D eigenvalue weighted by atomic mass is 16.4. The number of nitrogens with zero attached hydrogens (tertiary/aromatic N) is 2. The normalized spacial score (nSPS) is 11.9. The Morgan fingerprint density at radius 3 is 2.58 bits per heavy atom. The third-order valence-corrected chi connectivity index (χ3v) is 2.52. The number of carboxylic acid groups (broad SMARTS) is 1. The van der Waals surface area contributed by atoms with E-state index in [1.165, 1.54) is 4.68 Å².